The van der Waals surface area contributed by atoms with Gasteiger partial charge in [0, 0.05) is 25.7 Å². The lowest BCUT2D eigenvalue weighted by Gasteiger charge is -2.21. The molecule has 0 rings (SSSR count). The lowest BCUT2D eigenvalue weighted by Crippen LogP contribution is -2.30. The highest BCUT2D eigenvalue weighted by molar-refractivity contribution is 7.47. The zero-order valence-electron chi connectivity index (χ0n) is 66.6. The topological polar surface area (TPSA) is 237 Å². The Morgan fingerprint density at radius 3 is 0.578 bits per heavy atom. The van der Waals surface area contributed by atoms with E-state index < -0.39 is 97.5 Å². The van der Waals surface area contributed by atoms with Crippen LogP contribution in [0.3, 0.4) is 0 Å². The first kappa shape index (κ1) is 100. The normalized spacial score (nSPS) is 13.8. The van der Waals surface area contributed by atoms with Crippen molar-refractivity contribution in [3.63, 3.8) is 0 Å². The third kappa shape index (κ3) is 76.3. The van der Waals surface area contributed by atoms with Crippen LogP contribution in [0.25, 0.3) is 0 Å². The molecule has 606 valence electrons. The molecule has 0 saturated heterocycles. The first-order valence-electron chi connectivity index (χ1n) is 43.3. The number of carbonyl (C=O) groups is 4. The summed E-state index contributed by atoms with van der Waals surface area (Å²) in [4.78, 5) is 73.1. The summed E-state index contributed by atoms with van der Waals surface area (Å²) in [5.74, 6) is -2.10. The number of rotatable bonds is 84. The molecule has 0 fully saturated rings. The first-order valence-corrected chi connectivity index (χ1v) is 46.3. The fourth-order valence-electron chi connectivity index (χ4n) is 13.0. The summed E-state index contributed by atoms with van der Waals surface area (Å²) in [6, 6.07) is 0. The van der Waals surface area contributed by atoms with Crippen LogP contribution in [0.2, 0.25) is 0 Å². The summed E-state index contributed by atoms with van der Waals surface area (Å²) in [7, 11) is -9.92. The Kier molecular flexibility index (Phi) is 75.8. The van der Waals surface area contributed by atoms with Crippen LogP contribution >= 0.6 is 15.6 Å². The van der Waals surface area contributed by atoms with Crippen LogP contribution in [0.1, 0.15) is 451 Å². The van der Waals surface area contributed by atoms with E-state index in [0.29, 0.717) is 25.7 Å². The van der Waals surface area contributed by atoms with Crippen molar-refractivity contribution in [1.82, 2.24) is 0 Å². The summed E-state index contributed by atoms with van der Waals surface area (Å²) in [5.41, 5.74) is 0. The van der Waals surface area contributed by atoms with Crippen molar-refractivity contribution in [2.45, 2.75) is 470 Å². The molecule has 0 aromatic carbocycles. The molecule has 0 aliphatic heterocycles. The van der Waals surface area contributed by atoms with E-state index in [1.165, 1.54) is 283 Å². The first-order chi connectivity index (χ1) is 49.7. The van der Waals surface area contributed by atoms with Gasteiger partial charge in [0.2, 0.25) is 0 Å². The third-order valence-corrected chi connectivity index (χ3v) is 21.5. The number of aliphatic hydroxyl groups excluding tert-OH is 1. The smallest absolute Gasteiger partial charge is 0.462 e. The van der Waals surface area contributed by atoms with Gasteiger partial charge in [-0.15, -0.1) is 0 Å². The summed E-state index contributed by atoms with van der Waals surface area (Å²) in [6.07, 6.45) is 70.6. The van der Waals surface area contributed by atoms with E-state index in [1.54, 1.807) is 0 Å². The molecule has 19 heteroatoms. The van der Waals surface area contributed by atoms with Gasteiger partial charge in [-0.05, 0) is 25.7 Å². The summed E-state index contributed by atoms with van der Waals surface area (Å²) in [6.45, 7) is 5.05. The molecule has 0 heterocycles. The maximum atomic E-state index is 13.1. The Bertz CT molecular complexity index is 1930. The van der Waals surface area contributed by atoms with E-state index in [2.05, 4.69) is 27.7 Å². The Hall–Kier alpha value is -1.94. The second-order valence-electron chi connectivity index (χ2n) is 29.9. The third-order valence-electron chi connectivity index (χ3n) is 19.6. The molecule has 0 saturated carbocycles. The number of unbranched alkanes of at least 4 members (excludes halogenated alkanes) is 58. The molecule has 0 bridgehead atoms. The van der Waals surface area contributed by atoms with Gasteiger partial charge in [-0.3, -0.25) is 37.3 Å². The van der Waals surface area contributed by atoms with Crippen molar-refractivity contribution in [2.75, 3.05) is 39.6 Å². The Morgan fingerprint density at radius 1 is 0.235 bits per heavy atom. The standard InChI is InChI=1S/C83H162O17P2/c1-5-9-13-17-21-25-29-33-36-37-38-39-40-42-46-50-54-58-62-66-70-83(88)100-79(74-94-81(86)68-64-60-56-52-48-45-41-34-30-26-22-18-14-10-6-2)76-98-102(91,92)96-72-77(84)71-95-101(89,90)97-75-78(73-93-80(85)67-63-59-55-51-47-43-32-28-24-20-16-12-8-4)99-82(87)69-65-61-57-53-49-44-35-31-27-23-19-15-11-7-3/h77-79,84H,5-76H2,1-4H3,(H,89,90)(H,91,92)/t77-,78+,79+/m0/s1. The lowest BCUT2D eigenvalue weighted by molar-refractivity contribution is -0.161. The summed E-state index contributed by atoms with van der Waals surface area (Å²) < 4.78 is 68.8. The lowest BCUT2D eigenvalue weighted by atomic mass is 10.0. The maximum Gasteiger partial charge on any atom is 0.472 e. The van der Waals surface area contributed by atoms with Crippen molar-refractivity contribution < 1.29 is 80.2 Å². The van der Waals surface area contributed by atoms with E-state index in [4.69, 9.17) is 37.0 Å². The second-order valence-corrected chi connectivity index (χ2v) is 32.8. The van der Waals surface area contributed by atoms with Crippen molar-refractivity contribution in [3.8, 4) is 0 Å². The van der Waals surface area contributed by atoms with E-state index in [-0.39, 0.29) is 25.7 Å². The van der Waals surface area contributed by atoms with E-state index >= 15 is 0 Å². The highest BCUT2D eigenvalue weighted by Gasteiger charge is 2.30. The highest BCUT2D eigenvalue weighted by atomic mass is 31.2. The van der Waals surface area contributed by atoms with Crippen molar-refractivity contribution in [2.24, 2.45) is 0 Å². The Balaban J connectivity index is 5.25. The average molecular weight is 1490 g/mol. The number of ether oxygens (including phenoxy) is 4. The van der Waals surface area contributed by atoms with Crippen LogP contribution in [-0.2, 0) is 65.4 Å². The largest absolute Gasteiger partial charge is 0.472 e. The van der Waals surface area contributed by atoms with Gasteiger partial charge in [-0.1, -0.05) is 400 Å². The molecule has 5 atom stereocenters. The van der Waals surface area contributed by atoms with Crippen LogP contribution in [0.15, 0.2) is 0 Å². The van der Waals surface area contributed by atoms with Crippen LogP contribution < -0.4 is 0 Å². The number of hydrogen-bond acceptors (Lipinski definition) is 15. The number of aliphatic hydroxyl groups is 1. The molecule has 0 spiro atoms. The SMILES string of the molecule is CCCCCCCCCCCCCCCCCCCCCCC(=O)O[C@H](COC(=O)CCCCCCCCCCCCCCCCC)COP(=O)(O)OC[C@@H](O)COP(=O)(O)OC[C@@H](COC(=O)CCCCCCCCCCCCCCC)OC(=O)CCCCCCCCCCCCCCCC. The Labute approximate surface area is 626 Å². The van der Waals surface area contributed by atoms with Gasteiger partial charge in [0.1, 0.15) is 19.3 Å². The fourth-order valence-corrected chi connectivity index (χ4v) is 14.6. The van der Waals surface area contributed by atoms with Gasteiger partial charge in [0.25, 0.3) is 0 Å². The number of carbonyl (C=O) groups excluding carboxylic acids is 4. The Morgan fingerprint density at radius 2 is 0.392 bits per heavy atom. The number of esters is 4. The minimum atomic E-state index is -4.96. The quantitative estimate of drug-likeness (QED) is 0.0222. The molecule has 102 heavy (non-hydrogen) atoms. The molecule has 3 N–H and O–H groups in total. The van der Waals surface area contributed by atoms with Gasteiger partial charge in [-0.25, -0.2) is 9.13 Å². The molecule has 2 unspecified atom stereocenters. The van der Waals surface area contributed by atoms with Crippen LogP contribution in [-0.4, -0.2) is 96.7 Å². The van der Waals surface area contributed by atoms with Crippen molar-refractivity contribution >= 4 is 39.5 Å². The van der Waals surface area contributed by atoms with E-state index in [0.717, 1.165) is 89.9 Å². The zero-order valence-corrected chi connectivity index (χ0v) is 68.4. The minimum Gasteiger partial charge on any atom is -0.462 e. The van der Waals surface area contributed by atoms with Gasteiger partial charge >= 0.3 is 39.5 Å². The number of phosphoric ester groups is 2. The number of phosphoric acid groups is 2. The van der Waals surface area contributed by atoms with Crippen LogP contribution in [0.5, 0.6) is 0 Å². The summed E-state index contributed by atoms with van der Waals surface area (Å²) in [5, 5.41) is 10.7. The predicted octanol–water partition coefficient (Wildman–Crippen LogP) is 25.4. The molecular weight excluding hydrogens is 1330 g/mol. The molecule has 0 aromatic heterocycles. The number of hydrogen-bond donors (Lipinski definition) is 3. The highest BCUT2D eigenvalue weighted by Crippen LogP contribution is 2.45. The molecule has 0 radical (unpaired) electrons. The van der Waals surface area contributed by atoms with Crippen LogP contribution in [0, 0.1) is 0 Å². The minimum absolute atomic E-state index is 0.109. The zero-order chi connectivity index (χ0) is 74.6. The van der Waals surface area contributed by atoms with Crippen molar-refractivity contribution in [3.05, 3.63) is 0 Å². The van der Waals surface area contributed by atoms with Gasteiger partial charge < -0.3 is 33.8 Å². The van der Waals surface area contributed by atoms with Gasteiger partial charge in [0.15, 0.2) is 12.2 Å². The molecule has 0 aliphatic carbocycles. The molecule has 0 aromatic rings. The average Bonchev–Trinajstić information content (AvgIpc) is 0.911. The van der Waals surface area contributed by atoms with E-state index in [9.17, 15) is 43.2 Å². The summed E-state index contributed by atoms with van der Waals surface area (Å²) >= 11 is 0. The second kappa shape index (κ2) is 77.2. The maximum absolute atomic E-state index is 13.1. The molecule has 0 aliphatic rings. The van der Waals surface area contributed by atoms with Crippen LogP contribution in [0.4, 0.5) is 0 Å². The van der Waals surface area contributed by atoms with Crippen molar-refractivity contribution in [1.29, 1.82) is 0 Å². The fraction of sp³-hybridized carbons (Fsp3) is 0.952. The molecular formula is C83H162O17P2. The monoisotopic (exact) mass is 1490 g/mol. The van der Waals surface area contributed by atoms with E-state index in [1.807, 2.05) is 0 Å². The van der Waals surface area contributed by atoms with Gasteiger partial charge in [0.05, 0.1) is 26.4 Å². The van der Waals surface area contributed by atoms with Gasteiger partial charge in [-0.2, -0.15) is 0 Å². The molecule has 0 amide bonds. The predicted molar refractivity (Wildman–Crippen MR) is 419 cm³/mol. The molecule has 17 nitrogen and oxygen atoms in total.